The van der Waals surface area contributed by atoms with E-state index in [1.54, 1.807) is 35.1 Å². The molecule has 1 aromatic carbocycles. The van der Waals surface area contributed by atoms with Gasteiger partial charge in [-0.05, 0) is 37.3 Å². The van der Waals surface area contributed by atoms with Gasteiger partial charge < -0.3 is 10.4 Å². The van der Waals surface area contributed by atoms with Crippen LogP contribution in [0.3, 0.4) is 0 Å². The third kappa shape index (κ3) is 5.54. The molecule has 0 radical (unpaired) electrons. The molecule has 0 aliphatic carbocycles. The number of carboxylic acid groups (broad SMARTS) is 1. The first-order valence-corrected chi connectivity index (χ1v) is 10.2. The lowest BCUT2D eigenvalue weighted by atomic mass is 10.1. The van der Waals surface area contributed by atoms with Gasteiger partial charge in [0.25, 0.3) is 0 Å². The van der Waals surface area contributed by atoms with E-state index < -0.39 is 5.97 Å². The Morgan fingerprint density at radius 2 is 1.91 bits per heavy atom. The summed E-state index contributed by atoms with van der Waals surface area (Å²) in [4.78, 5) is 24.3. The highest BCUT2D eigenvalue weighted by Crippen LogP contribution is 2.25. The molecule has 4 aromatic rings. The van der Waals surface area contributed by atoms with Crippen LogP contribution in [0.15, 0.2) is 54.7 Å². The van der Waals surface area contributed by atoms with Crippen LogP contribution in [0.2, 0.25) is 0 Å². The second kappa shape index (κ2) is 9.65. The van der Waals surface area contributed by atoms with E-state index in [-0.39, 0.29) is 18.9 Å². The van der Waals surface area contributed by atoms with Crippen LogP contribution < -0.4 is 5.32 Å². The summed E-state index contributed by atoms with van der Waals surface area (Å²) in [5, 5.41) is 29.5. The van der Waals surface area contributed by atoms with Gasteiger partial charge in [-0.15, -0.1) is 5.10 Å². The van der Waals surface area contributed by atoms with Crippen molar-refractivity contribution in [2.45, 2.75) is 19.9 Å². The average molecular weight is 440 g/mol. The molecule has 0 unspecified atom stereocenters. The molecule has 0 aliphatic rings. The highest BCUT2D eigenvalue weighted by atomic mass is 16.4. The van der Waals surface area contributed by atoms with Gasteiger partial charge in [0.05, 0.1) is 47.9 Å². The minimum atomic E-state index is -0.923. The number of benzene rings is 1. The molecule has 0 spiro atoms. The van der Waals surface area contributed by atoms with Crippen LogP contribution in [-0.2, 0) is 11.3 Å². The first-order chi connectivity index (χ1) is 16.0. The number of rotatable bonds is 8. The molecule has 10 nitrogen and oxygen atoms in total. The zero-order valence-corrected chi connectivity index (χ0v) is 17.8. The Morgan fingerprint density at radius 1 is 1.09 bits per heavy atom. The molecule has 10 heteroatoms. The van der Waals surface area contributed by atoms with Crippen molar-refractivity contribution in [2.75, 3.05) is 11.9 Å². The summed E-state index contributed by atoms with van der Waals surface area (Å²) >= 11 is 0. The SMILES string of the molecule is Cc1cccc(Cn2cc(-c3cc(-c4cccc(C#N)c4)nc(NCCC(=O)O)n3)nn2)n1. The highest BCUT2D eigenvalue weighted by Gasteiger charge is 2.13. The number of nitrogens with zero attached hydrogens (tertiary/aromatic N) is 7. The van der Waals surface area contributed by atoms with E-state index in [1.807, 2.05) is 31.2 Å². The Kier molecular flexibility index (Phi) is 6.31. The fourth-order valence-electron chi connectivity index (χ4n) is 3.18. The van der Waals surface area contributed by atoms with Crippen LogP contribution in [0.1, 0.15) is 23.4 Å². The summed E-state index contributed by atoms with van der Waals surface area (Å²) in [5.74, 6) is -0.658. The second-order valence-electron chi connectivity index (χ2n) is 7.30. The average Bonchev–Trinajstić information content (AvgIpc) is 3.27. The normalized spacial score (nSPS) is 10.5. The van der Waals surface area contributed by atoms with Crippen molar-refractivity contribution in [3.63, 3.8) is 0 Å². The first kappa shape index (κ1) is 21.6. The van der Waals surface area contributed by atoms with Gasteiger partial charge in [0.2, 0.25) is 5.95 Å². The number of nitriles is 1. The molecule has 0 amide bonds. The zero-order valence-electron chi connectivity index (χ0n) is 17.8. The van der Waals surface area contributed by atoms with Crippen molar-refractivity contribution >= 4 is 11.9 Å². The molecule has 3 heterocycles. The van der Waals surface area contributed by atoms with Gasteiger partial charge in [-0.25, -0.2) is 14.6 Å². The molecule has 0 bridgehead atoms. The number of aliphatic carboxylic acids is 1. The highest BCUT2D eigenvalue weighted by molar-refractivity contribution is 5.69. The lowest BCUT2D eigenvalue weighted by Crippen LogP contribution is -2.10. The number of hydrogen-bond acceptors (Lipinski definition) is 8. The van der Waals surface area contributed by atoms with Crippen molar-refractivity contribution in [3.05, 3.63) is 71.7 Å². The number of carboxylic acids is 1. The molecule has 33 heavy (non-hydrogen) atoms. The van der Waals surface area contributed by atoms with E-state index in [1.165, 1.54) is 0 Å². The van der Waals surface area contributed by atoms with Gasteiger partial charge in [0.1, 0.15) is 5.69 Å². The Balaban J connectivity index is 1.67. The zero-order chi connectivity index (χ0) is 23.2. The van der Waals surface area contributed by atoms with Crippen molar-refractivity contribution in [1.82, 2.24) is 29.9 Å². The Hall–Kier alpha value is -4.65. The van der Waals surface area contributed by atoms with Gasteiger partial charge in [-0.3, -0.25) is 9.78 Å². The maximum absolute atomic E-state index is 10.9. The maximum atomic E-state index is 10.9. The summed E-state index contributed by atoms with van der Waals surface area (Å²) in [5.41, 5.74) is 4.64. The molecule has 0 saturated heterocycles. The smallest absolute Gasteiger partial charge is 0.305 e. The molecule has 3 aromatic heterocycles. The topological polar surface area (TPSA) is 142 Å². The van der Waals surface area contributed by atoms with Crippen LogP contribution in [0.4, 0.5) is 5.95 Å². The third-order valence-electron chi connectivity index (χ3n) is 4.71. The quantitative estimate of drug-likeness (QED) is 0.423. The Morgan fingerprint density at radius 3 is 2.70 bits per heavy atom. The summed E-state index contributed by atoms with van der Waals surface area (Å²) in [6.45, 7) is 2.56. The minimum Gasteiger partial charge on any atom is -0.481 e. The largest absolute Gasteiger partial charge is 0.481 e. The summed E-state index contributed by atoms with van der Waals surface area (Å²) in [7, 11) is 0. The van der Waals surface area contributed by atoms with Crippen LogP contribution >= 0.6 is 0 Å². The van der Waals surface area contributed by atoms with E-state index in [0.717, 1.165) is 17.0 Å². The minimum absolute atomic E-state index is 0.0769. The summed E-state index contributed by atoms with van der Waals surface area (Å²) in [6, 6.07) is 16.7. The van der Waals surface area contributed by atoms with Crippen LogP contribution in [0.25, 0.3) is 22.6 Å². The number of pyridine rings is 1. The van der Waals surface area contributed by atoms with Crippen molar-refractivity contribution in [2.24, 2.45) is 0 Å². The monoisotopic (exact) mass is 440 g/mol. The fraction of sp³-hybridized carbons (Fsp3) is 0.174. The Labute approximate surface area is 189 Å². The van der Waals surface area contributed by atoms with Crippen molar-refractivity contribution in [1.29, 1.82) is 5.26 Å². The first-order valence-electron chi connectivity index (χ1n) is 10.2. The molecule has 2 N–H and O–H groups in total. The molecule has 0 saturated carbocycles. The predicted molar refractivity (Wildman–Crippen MR) is 120 cm³/mol. The lowest BCUT2D eigenvalue weighted by molar-refractivity contribution is -0.136. The van der Waals surface area contributed by atoms with Crippen LogP contribution in [0.5, 0.6) is 0 Å². The Bertz CT molecular complexity index is 1340. The van der Waals surface area contributed by atoms with Gasteiger partial charge in [0.15, 0.2) is 0 Å². The third-order valence-corrected chi connectivity index (χ3v) is 4.71. The number of aromatic nitrogens is 6. The van der Waals surface area contributed by atoms with Gasteiger partial charge in [-0.1, -0.05) is 23.4 Å². The van der Waals surface area contributed by atoms with E-state index in [2.05, 4.69) is 36.7 Å². The maximum Gasteiger partial charge on any atom is 0.305 e. The van der Waals surface area contributed by atoms with Gasteiger partial charge in [0, 0.05) is 17.8 Å². The molecule has 0 fully saturated rings. The standard InChI is InChI=1S/C23H20N8O2/c1-15-4-2-7-18(26-15)13-31-14-21(29-30-31)20-11-19(17-6-3-5-16(10-17)12-24)27-23(28-20)25-9-8-22(32)33/h2-7,10-11,14H,8-9,13H2,1H3,(H,32,33)(H,25,27,28). The molecule has 4 rings (SSSR count). The summed E-state index contributed by atoms with van der Waals surface area (Å²) in [6.07, 6.45) is 1.69. The van der Waals surface area contributed by atoms with E-state index in [4.69, 9.17) is 5.11 Å². The van der Waals surface area contributed by atoms with E-state index >= 15 is 0 Å². The van der Waals surface area contributed by atoms with E-state index in [0.29, 0.717) is 29.2 Å². The predicted octanol–water partition coefficient (Wildman–Crippen LogP) is 2.91. The molecular formula is C23H20N8O2. The van der Waals surface area contributed by atoms with Gasteiger partial charge in [-0.2, -0.15) is 5.26 Å². The molecular weight excluding hydrogens is 420 g/mol. The van der Waals surface area contributed by atoms with Gasteiger partial charge >= 0.3 is 5.97 Å². The molecule has 0 aliphatic heterocycles. The number of aryl methyl sites for hydroxylation is 1. The second-order valence-corrected chi connectivity index (χ2v) is 7.30. The van der Waals surface area contributed by atoms with E-state index in [9.17, 15) is 10.1 Å². The van der Waals surface area contributed by atoms with Crippen LogP contribution in [-0.4, -0.2) is 47.6 Å². The molecule has 164 valence electrons. The van der Waals surface area contributed by atoms with Crippen molar-refractivity contribution < 1.29 is 9.90 Å². The summed E-state index contributed by atoms with van der Waals surface area (Å²) < 4.78 is 1.67. The number of carbonyl (C=O) groups is 1. The molecule has 0 atom stereocenters. The van der Waals surface area contributed by atoms with Crippen molar-refractivity contribution in [3.8, 4) is 28.7 Å². The lowest BCUT2D eigenvalue weighted by Gasteiger charge is -2.09. The number of nitrogens with one attached hydrogen (secondary N) is 1. The number of hydrogen-bond donors (Lipinski definition) is 2. The van der Waals surface area contributed by atoms with Crippen LogP contribution in [0, 0.1) is 18.3 Å². The fourth-order valence-corrected chi connectivity index (χ4v) is 3.18. The number of anilines is 1.